The Bertz CT molecular complexity index is 431. The van der Waals surface area contributed by atoms with Crippen LogP contribution in [0.5, 0.6) is 0 Å². The van der Waals surface area contributed by atoms with Crippen LogP contribution in [-0.2, 0) is 24.3 Å². The first-order chi connectivity index (χ1) is 8.13. The van der Waals surface area contributed by atoms with Crippen LogP contribution >= 0.6 is 0 Å². The number of hydrogen-bond donors (Lipinski definition) is 2. The lowest BCUT2D eigenvalue weighted by Crippen LogP contribution is -2.45. The van der Waals surface area contributed by atoms with E-state index in [1.807, 2.05) is 13.0 Å². The van der Waals surface area contributed by atoms with E-state index in [0.29, 0.717) is 6.54 Å². The van der Waals surface area contributed by atoms with Crippen LogP contribution in [0, 0.1) is 0 Å². The molecule has 0 fully saturated rings. The molecule has 1 aliphatic heterocycles. The third-order valence-electron chi connectivity index (χ3n) is 3.57. The molecule has 1 aliphatic rings. The Kier molecular flexibility index (Phi) is 3.45. The van der Waals surface area contributed by atoms with Crippen molar-refractivity contribution in [3.8, 4) is 0 Å². The minimum atomic E-state index is -0.261. The van der Waals surface area contributed by atoms with Gasteiger partial charge in [-0.3, -0.25) is 9.69 Å². The van der Waals surface area contributed by atoms with Gasteiger partial charge >= 0.3 is 0 Å². The molecule has 4 heteroatoms. The summed E-state index contributed by atoms with van der Waals surface area (Å²) in [5.74, 6) is -0.261. The number of amides is 1. The number of nitrogens with two attached hydrogens (primary N) is 2. The molecule has 17 heavy (non-hydrogen) atoms. The Morgan fingerprint density at radius 2 is 2.29 bits per heavy atom. The zero-order valence-electron chi connectivity index (χ0n) is 10.1. The molecule has 0 radical (unpaired) electrons. The van der Waals surface area contributed by atoms with Crippen LogP contribution in [0.4, 0.5) is 0 Å². The molecule has 1 aromatic rings. The number of benzene rings is 1. The van der Waals surface area contributed by atoms with E-state index in [9.17, 15) is 4.79 Å². The zero-order valence-corrected chi connectivity index (χ0v) is 10.1. The van der Waals surface area contributed by atoms with Crippen LogP contribution in [0.2, 0.25) is 0 Å². The van der Waals surface area contributed by atoms with Gasteiger partial charge < -0.3 is 11.5 Å². The second kappa shape index (κ2) is 4.85. The monoisotopic (exact) mass is 233 g/mol. The maximum atomic E-state index is 11.2. The smallest absolute Gasteiger partial charge is 0.234 e. The highest BCUT2D eigenvalue weighted by atomic mass is 16.1. The van der Waals surface area contributed by atoms with E-state index in [4.69, 9.17) is 11.5 Å². The Hall–Kier alpha value is -1.39. The highest BCUT2D eigenvalue weighted by Gasteiger charge is 2.24. The number of fused-ring (bicyclic) bond motifs is 1. The SMILES string of the molecule is CC(C(N)=O)N1CCc2c(CN)cccc2C1. The van der Waals surface area contributed by atoms with E-state index in [0.717, 1.165) is 19.5 Å². The van der Waals surface area contributed by atoms with E-state index >= 15 is 0 Å². The van der Waals surface area contributed by atoms with E-state index in [-0.39, 0.29) is 11.9 Å². The molecule has 0 aromatic heterocycles. The number of nitrogens with zero attached hydrogens (tertiary/aromatic N) is 1. The van der Waals surface area contributed by atoms with Gasteiger partial charge in [-0.2, -0.15) is 0 Å². The summed E-state index contributed by atoms with van der Waals surface area (Å²) in [6.45, 7) is 4.09. The van der Waals surface area contributed by atoms with Gasteiger partial charge in [0.25, 0.3) is 0 Å². The van der Waals surface area contributed by atoms with E-state index in [1.54, 1.807) is 0 Å². The maximum absolute atomic E-state index is 11.2. The summed E-state index contributed by atoms with van der Waals surface area (Å²) in [4.78, 5) is 13.3. The molecule has 0 saturated heterocycles. The number of carbonyl (C=O) groups is 1. The minimum Gasteiger partial charge on any atom is -0.368 e. The summed E-state index contributed by atoms with van der Waals surface area (Å²) in [6, 6.07) is 6.00. The van der Waals surface area contributed by atoms with Crippen LogP contribution in [0.25, 0.3) is 0 Å². The van der Waals surface area contributed by atoms with Crippen LogP contribution in [0.15, 0.2) is 18.2 Å². The van der Waals surface area contributed by atoms with Crippen LogP contribution in [0.1, 0.15) is 23.6 Å². The summed E-state index contributed by atoms with van der Waals surface area (Å²) < 4.78 is 0. The predicted octanol–water partition coefficient (Wildman–Crippen LogP) is 0.377. The average molecular weight is 233 g/mol. The summed E-state index contributed by atoms with van der Waals surface area (Å²) >= 11 is 0. The number of primary amides is 1. The van der Waals surface area contributed by atoms with Crippen molar-refractivity contribution < 1.29 is 4.79 Å². The molecule has 1 amide bonds. The molecule has 0 aliphatic carbocycles. The van der Waals surface area contributed by atoms with Crippen molar-refractivity contribution in [2.45, 2.75) is 32.5 Å². The molecule has 0 saturated carbocycles. The number of hydrogen-bond acceptors (Lipinski definition) is 3. The largest absolute Gasteiger partial charge is 0.368 e. The highest BCUT2D eigenvalue weighted by molar-refractivity contribution is 5.79. The van der Waals surface area contributed by atoms with Crippen LogP contribution in [0.3, 0.4) is 0 Å². The molecular formula is C13H19N3O. The summed E-state index contributed by atoms with van der Waals surface area (Å²) in [5.41, 5.74) is 14.9. The average Bonchev–Trinajstić information content (AvgIpc) is 2.36. The lowest BCUT2D eigenvalue weighted by atomic mass is 9.94. The van der Waals surface area contributed by atoms with Gasteiger partial charge in [-0.25, -0.2) is 0 Å². The molecule has 2 rings (SSSR count). The van der Waals surface area contributed by atoms with Gasteiger partial charge in [-0.15, -0.1) is 0 Å². The quantitative estimate of drug-likeness (QED) is 0.792. The third-order valence-corrected chi connectivity index (χ3v) is 3.57. The van der Waals surface area contributed by atoms with Gasteiger partial charge in [0.05, 0.1) is 6.04 Å². The molecule has 0 bridgehead atoms. The topological polar surface area (TPSA) is 72.4 Å². The first kappa shape index (κ1) is 12.1. The fourth-order valence-electron chi connectivity index (χ4n) is 2.41. The van der Waals surface area contributed by atoms with Crippen molar-refractivity contribution in [1.82, 2.24) is 4.90 Å². The van der Waals surface area contributed by atoms with Gasteiger partial charge in [0, 0.05) is 19.6 Å². The fourth-order valence-corrected chi connectivity index (χ4v) is 2.41. The first-order valence-electron chi connectivity index (χ1n) is 5.96. The molecule has 4 nitrogen and oxygen atoms in total. The van der Waals surface area contributed by atoms with Crippen molar-refractivity contribution >= 4 is 5.91 Å². The van der Waals surface area contributed by atoms with Gasteiger partial charge in [0.1, 0.15) is 0 Å². The second-order valence-corrected chi connectivity index (χ2v) is 4.56. The van der Waals surface area contributed by atoms with E-state index < -0.39 is 0 Å². The summed E-state index contributed by atoms with van der Waals surface area (Å²) in [7, 11) is 0. The van der Waals surface area contributed by atoms with Crippen LogP contribution in [-0.4, -0.2) is 23.4 Å². The van der Waals surface area contributed by atoms with Crippen LogP contribution < -0.4 is 11.5 Å². The molecule has 4 N–H and O–H groups in total. The number of rotatable bonds is 3. The zero-order chi connectivity index (χ0) is 12.4. The highest BCUT2D eigenvalue weighted by Crippen LogP contribution is 2.23. The van der Waals surface area contributed by atoms with Gasteiger partial charge in [-0.1, -0.05) is 18.2 Å². The maximum Gasteiger partial charge on any atom is 0.234 e. The molecular weight excluding hydrogens is 214 g/mol. The van der Waals surface area contributed by atoms with Crippen molar-refractivity contribution in [3.63, 3.8) is 0 Å². The van der Waals surface area contributed by atoms with E-state index in [1.165, 1.54) is 16.7 Å². The minimum absolute atomic E-state index is 0.204. The number of carbonyl (C=O) groups excluding carboxylic acids is 1. The summed E-state index contributed by atoms with van der Waals surface area (Å²) in [6.07, 6.45) is 0.945. The van der Waals surface area contributed by atoms with Gasteiger partial charge in [0.2, 0.25) is 5.91 Å². The van der Waals surface area contributed by atoms with Gasteiger partial charge in [-0.05, 0) is 30.0 Å². The lowest BCUT2D eigenvalue weighted by Gasteiger charge is -2.33. The third kappa shape index (κ3) is 2.33. The molecule has 0 spiro atoms. The molecule has 1 atom stereocenters. The Balaban J connectivity index is 2.22. The second-order valence-electron chi connectivity index (χ2n) is 4.56. The normalized spacial score (nSPS) is 17.5. The standard InChI is InChI=1S/C13H19N3O/c1-9(13(15)17)16-6-5-12-10(7-14)3-2-4-11(12)8-16/h2-4,9H,5-8,14H2,1H3,(H2,15,17). The lowest BCUT2D eigenvalue weighted by molar-refractivity contribution is -0.123. The van der Waals surface area contributed by atoms with E-state index in [2.05, 4.69) is 17.0 Å². The summed E-state index contributed by atoms with van der Waals surface area (Å²) in [5, 5.41) is 0. The molecule has 1 heterocycles. The molecule has 1 aromatic carbocycles. The Morgan fingerprint density at radius 1 is 1.53 bits per heavy atom. The van der Waals surface area contributed by atoms with Crippen molar-refractivity contribution in [1.29, 1.82) is 0 Å². The molecule has 1 unspecified atom stereocenters. The van der Waals surface area contributed by atoms with Crippen molar-refractivity contribution in [3.05, 3.63) is 34.9 Å². The van der Waals surface area contributed by atoms with Crippen molar-refractivity contribution in [2.75, 3.05) is 6.54 Å². The Morgan fingerprint density at radius 3 is 2.94 bits per heavy atom. The van der Waals surface area contributed by atoms with Crippen molar-refractivity contribution in [2.24, 2.45) is 11.5 Å². The predicted molar refractivity (Wildman–Crippen MR) is 67.1 cm³/mol. The molecule has 92 valence electrons. The first-order valence-corrected chi connectivity index (χ1v) is 5.96. The fraction of sp³-hybridized carbons (Fsp3) is 0.462. The van der Waals surface area contributed by atoms with Gasteiger partial charge in [0.15, 0.2) is 0 Å². The Labute approximate surface area is 102 Å².